The number of likely N-dealkylation sites (N-methyl/N-ethyl adjacent to an activating group) is 1. The van der Waals surface area contributed by atoms with E-state index in [1.54, 1.807) is 0 Å². The molecule has 0 atom stereocenters. The lowest BCUT2D eigenvalue weighted by atomic mass is 10.0. The third-order valence-electron chi connectivity index (χ3n) is 3.54. The molecule has 1 nitrogen and oxygen atoms in total. The van der Waals surface area contributed by atoms with Gasteiger partial charge in [-0.2, -0.15) is 0 Å². The molecule has 0 saturated heterocycles. The molecule has 0 spiro atoms. The van der Waals surface area contributed by atoms with Gasteiger partial charge >= 0.3 is 0 Å². The third kappa shape index (κ3) is 4.09. The molecule has 2 rings (SSSR count). The number of hydrogen-bond acceptors (Lipinski definition) is 1. The Labute approximate surface area is 127 Å². The van der Waals surface area contributed by atoms with Crippen LogP contribution in [0.25, 0.3) is 11.1 Å². The van der Waals surface area contributed by atoms with Crippen molar-refractivity contribution in [3.8, 4) is 11.1 Å². The van der Waals surface area contributed by atoms with Gasteiger partial charge in [-0.05, 0) is 41.9 Å². The van der Waals surface area contributed by atoms with Crippen molar-refractivity contribution in [2.24, 2.45) is 0 Å². The third-order valence-corrected chi connectivity index (χ3v) is 3.80. The molecule has 2 heteroatoms. The molecular formula is C18H21ClN. The fraction of sp³-hybridized carbons (Fsp3) is 0.278. The van der Waals surface area contributed by atoms with E-state index in [0.29, 0.717) is 0 Å². The van der Waals surface area contributed by atoms with Crippen LogP contribution in [0.4, 0.5) is 0 Å². The second-order valence-corrected chi connectivity index (χ2v) is 5.26. The Kier molecular flexibility index (Phi) is 5.63. The van der Waals surface area contributed by atoms with Crippen LogP contribution < -0.4 is 0 Å². The summed E-state index contributed by atoms with van der Waals surface area (Å²) in [4.78, 5) is 2.40. The van der Waals surface area contributed by atoms with Gasteiger partial charge in [0.15, 0.2) is 0 Å². The average Bonchev–Trinajstić information content (AvgIpc) is 2.49. The zero-order chi connectivity index (χ0) is 14.4. The van der Waals surface area contributed by atoms with Crippen molar-refractivity contribution >= 4 is 11.6 Å². The lowest BCUT2D eigenvalue weighted by Gasteiger charge is -2.17. The van der Waals surface area contributed by atoms with E-state index in [2.05, 4.69) is 61.6 Å². The maximum Gasteiger partial charge on any atom is 0.0406 e. The summed E-state index contributed by atoms with van der Waals surface area (Å²) in [5, 5.41) is 0.776. The van der Waals surface area contributed by atoms with Gasteiger partial charge in [0, 0.05) is 18.0 Å². The number of benzene rings is 2. The van der Waals surface area contributed by atoms with E-state index >= 15 is 0 Å². The smallest absolute Gasteiger partial charge is 0.0406 e. The zero-order valence-electron chi connectivity index (χ0n) is 12.1. The lowest BCUT2D eigenvalue weighted by molar-refractivity contribution is 0.330. The number of rotatable bonds is 6. The van der Waals surface area contributed by atoms with Gasteiger partial charge in [-0.3, -0.25) is 0 Å². The van der Waals surface area contributed by atoms with E-state index in [0.717, 1.165) is 24.7 Å². The first-order chi connectivity index (χ1) is 9.72. The Morgan fingerprint density at radius 1 is 0.950 bits per heavy atom. The van der Waals surface area contributed by atoms with Crippen LogP contribution in [0.15, 0.2) is 48.5 Å². The van der Waals surface area contributed by atoms with Crippen LogP contribution >= 0.6 is 11.6 Å². The maximum absolute atomic E-state index is 5.94. The van der Waals surface area contributed by atoms with Gasteiger partial charge in [0.2, 0.25) is 0 Å². The fourth-order valence-corrected chi connectivity index (χ4v) is 2.33. The second-order valence-electron chi connectivity index (χ2n) is 4.82. The van der Waals surface area contributed by atoms with Gasteiger partial charge < -0.3 is 4.90 Å². The molecule has 0 fully saturated rings. The van der Waals surface area contributed by atoms with Crippen molar-refractivity contribution in [2.45, 2.75) is 13.8 Å². The molecule has 0 amide bonds. The summed E-state index contributed by atoms with van der Waals surface area (Å²) in [6.45, 7) is 7.56. The Balaban J connectivity index is 2.09. The summed E-state index contributed by atoms with van der Waals surface area (Å²) in [6.07, 6.45) is 2.28. The van der Waals surface area contributed by atoms with E-state index in [1.807, 2.05) is 12.1 Å². The molecule has 0 aliphatic heterocycles. The molecule has 1 radical (unpaired) electrons. The maximum atomic E-state index is 5.94. The zero-order valence-corrected chi connectivity index (χ0v) is 12.9. The van der Waals surface area contributed by atoms with Gasteiger partial charge in [0.05, 0.1) is 0 Å². The summed E-state index contributed by atoms with van der Waals surface area (Å²) < 4.78 is 0. The Bertz CT molecular complexity index is 529. The molecule has 2 aromatic carbocycles. The van der Waals surface area contributed by atoms with E-state index in [9.17, 15) is 0 Å². The van der Waals surface area contributed by atoms with Crippen LogP contribution in [0.5, 0.6) is 0 Å². The first-order valence-corrected chi connectivity index (χ1v) is 7.52. The van der Waals surface area contributed by atoms with E-state index in [-0.39, 0.29) is 0 Å². The van der Waals surface area contributed by atoms with Crippen LogP contribution in [0.3, 0.4) is 0 Å². The number of hydrogen-bond donors (Lipinski definition) is 0. The van der Waals surface area contributed by atoms with Crippen molar-refractivity contribution in [3.63, 3.8) is 0 Å². The van der Waals surface area contributed by atoms with E-state index in [4.69, 9.17) is 11.6 Å². The van der Waals surface area contributed by atoms with Crippen LogP contribution in [0.1, 0.15) is 19.4 Å². The minimum atomic E-state index is 0.776. The van der Waals surface area contributed by atoms with Crippen LogP contribution in [0, 0.1) is 6.42 Å². The van der Waals surface area contributed by atoms with E-state index < -0.39 is 0 Å². The summed E-state index contributed by atoms with van der Waals surface area (Å²) in [5.41, 5.74) is 3.70. The van der Waals surface area contributed by atoms with Crippen LogP contribution in [-0.2, 0) is 0 Å². The summed E-state index contributed by atoms with van der Waals surface area (Å²) >= 11 is 5.94. The molecule has 0 aromatic heterocycles. The lowest BCUT2D eigenvalue weighted by Crippen LogP contribution is -2.24. The van der Waals surface area contributed by atoms with Crippen molar-refractivity contribution in [1.82, 2.24) is 4.90 Å². The Hall–Kier alpha value is -1.31. The molecule has 0 heterocycles. The van der Waals surface area contributed by atoms with Crippen LogP contribution in [0.2, 0.25) is 5.02 Å². The SMILES string of the molecule is CCN(CC)C[CH]c1cccc(-c2ccc(Cl)cc2)c1. The molecule has 2 aromatic rings. The number of nitrogens with zero attached hydrogens (tertiary/aromatic N) is 1. The van der Waals surface area contributed by atoms with Crippen LogP contribution in [-0.4, -0.2) is 24.5 Å². The first kappa shape index (κ1) is 15.1. The second kappa shape index (κ2) is 7.47. The highest BCUT2D eigenvalue weighted by atomic mass is 35.5. The summed E-state index contributed by atoms with van der Waals surface area (Å²) in [6, 6.07) is 16.6. The van der Waals surface area contributed by atoms with Crippen molar-refractivity contribution in [2.75, 3.05) is 19.6 Å². The topological polar surface area (TPSA) is 3.24 Å². The predicted octanol–water partition coefficient (Wildman–Crippen LogP) is 4.90. The molecule has 0 saturated carbocycles. The largest absolute Gasteiger partial charge is 0.303 e. The minimum absolute atomic E-state index is 0.776. The Morgan fingerprint density at radius 2 is 1.65 bits per heavy atom. The standard InChI is InChI=1S/C18H21ClN/c1-3-20(4-2)13-12-15-6-5-7-17(14-15)16-8-10-18(19)11-9-16/h5-12,14H,3-4,13H2,1-2H3. The normalized spacial score (nSPS) is 11.0. The predicted molar refractivity (Wildman–Crippen MR) is 88.1 cm³/mol. The number of halogens is 1. The van der Waals surface area contributed by atoms with Gasteiger partial charge in [-0.1, -0.05) is 61.8 Å². The Morgan fingerprint density at radius 3 is 2.30 bits per heavy atom. The highest BCUT2D eigenvalue weighted by Crippen LogP contribution is 2.23. The highest BCUT2D eigenvalue weighted by Gasteiger charge is 2.03. The van der Waals surface area contributed by atoms with Crippen molar-refractivity contribution in [3.05, 3.63) is 65.5 Å². The van der Waals surface area contributed by atoms with Gasteiger partial charge in [-0.15, -0.1) is 0 Å². The fourth-order valence-electron chi connectivity index (χ4n) is 2.20. The molecule has 20 heavy (non-hydrogen) atoms. The molecule has 0 aliphatic carbocycles. The molecule has 0 aliphatic rings. The molecular weight excluding hydrogens is 266 g/mol. The van der Waals surface area contributed by atoms with Gasteiger partial charge in [-0.25, -0.2) is 0 Å². The van der Waals surface area contributed by atoms with Gasteiger partial charge in [0.1, 0.15) is 0 Å². The molecule has 0 unspecified atom stereocenters. The average molecular weight is 287 g/mol. The monoisotopic (exact) mass is 286 g/mol. The quantitative estimate of drug-likeness (QED) is 0.730. The molecule has 0 N–H and O–H groups in total. The molecule has 0 bridgehead atoms. The van der Waals surface area contributed by atoms with E-state index in [1.165, 1.54) is 16.7 Å². The van der Waals surface area contributed by atoms with Crippen molar-refractivity contribution in [1.29, 1.82) is 0 Å². The highest BCUT2D eigenvalue weighted by molar-refractivity contribution is 6.30. The molecule has 105 valence electrons. The summed E-state index contributed by atoms with van der Waals surface area (Å²) in [5.74, 6) is 0. The minimum Gasteiger partial charge on any atom is -0.303 e. The first-order valence-electron chi connectivity index (χ1n) is 7.14. The van der Waals surface area contributed by atoms with Gasteiger partial charge in [0.25, 0.3) is 0 Å². The van der Waals surface area contributed by atoms with Crippen molar-refractivity contribution < 1.29 is 0 Å². The summed E-state index contributed by atoms with van der Waals surface area (Å²) in [7, 11) is 0.